The number of carbonyl (C=O) groups is 1. The summed E-state index contributed by atoms with van der Waals surface area (Å²) in [6, 6.07) is 10.3. The minimum Gasteiger partial charge on any atom is -0.475 e. The van der Waals surface area contributed by atoms with Crippen LogP contribution in [0.25, 0.3) is 17.2 Å². The average molecular weight is 429 g/mol. The van der Waals surface area contributed by atoms with Crippen molar-refractivity contribution in [2.75, 3.05) is 12.9 Å². The van der Waals surface area contributed by atoms with Crippen LogP contribution in [-0.4, -0.2) is 31.1 Å². The molecule has 148 valence electrons. The van der Waals surface area contributed by atoms with Gasteiger partial charge in [-0.3, -0.25) is 0 Å². The lowest BCUT2D eigenvalue weighted by molar-refractivity contribution is -0.187. The molecule has 0 aromatic heterocycles. The molecular weight excluding hydrogens is 413 g/mol. The third-order valence-corrected chi connectivity index (χ3v) is 5.08. The van der Waals surface area contributed by atoms with Crippen molar-refractivity contribution in [1.29, 1.82) is 0 Å². The first-order valence-corrected chi connectivity index (χ1v) is 9.95. The predicted octanol–water partition coefficient (Wildman–Crippen LogP) is 6.00. The summed E-state index contributed by atoms with van der Waals surface area (Å²) in [5, 5.41) is 0.316. The van der Waals surface area contributed by atoms with Crippen LogP contribution in [0, 0.1) is 0 Å². The zero-order chi connectivity index (χ0) is 20.5. The van der Waals surface area contributed by atoms with Gasteiger partial charge in [-0.05, 0) is 49.1 Å². The van der Waals surface area contributed by atoms with E-state index in [0.29, 0.717) is 21.7 Å². The summed E-state index contributed by atoms with van der Waals surface area (Å²) in [6.45, 7) is 1.47. The molecule has 2 aromatic carbocycles. The van der Waals surface area contributed by atoms with Crippen molar-refractivity contribution in [3.63, 3.8) is 0 Å². The maximum Gasteiger partial charge on any atom is 0.430 e. The molecule has 8 heteroatoms. The van der Waals surface area contributed by atoms with Crippen LogP contribution in [0.5, 0.6) is 5.75 Å². The van der Waals surface area contributed by atoms with Crippen LogP contribution in [0.1, 0.15) is 12.5 Å². The van der Waals surface area contributed by atoms with Crippen LogP contribution in [0.2, 0.25) is 5.02 Å². The maximum absolute atomic E-state index is 13.6. The summed E-state index contributed by atoms with van der Waals surface area (Å²) in [5.74, 6) is -1.04. The monoisotopic (exact) mass is 428 g/mol. The summed E-state index contributed by atoms with van der Waals surface area (Å²) in [6.07, 6.45) is -4.13. The molecule has 3 rings (SSSR count). The highest BCUT2D eigenvalue weighted by Gasteiger charge is 2.49. The molecule has 1 aliphatic rings. The first-order chi connectivity index (χ1) is 13.2. The molecule has 0 spiro atoms. The van der Waals surface area contributed by atoms with Gasteiger partial charge in [-0.25, -0.2) is 4.79 Å². The molecule has 1 atom stereocenters. The lowest BCUT2D eigenvalue weighted by Gasteiger charge is -2.29. The van der Waals surface area contributed by atoms with Gasteiger partial charge in [-0.1, -0.05) is 23.7 Å². The highest BCUT2D eigenvalue weighted by Crippen LogP contribution is 2.44. The first-order valence-electron chi connectivity index (χ1n) is 8.34. The van der Waals surface area contributed by atoms with Crippen molar-refractivity contribution < 1.29 is 27.4 Å². The number of hydrogen-bond acceptors (Lipinski definition) is 4. The molecule has 0 fully saturated rings. The minimum atomic E-state index is -4.78. The molecule has 0 saturated carbocycles. The van der Waals surface area contributed by atoms with Crippen LogP contribution < -0.4 is 4.74 Å². The average Bonchev–Trinajstić information content (AvgIpc) is 2.65. The van der Waals surface area contributed by atoms with Crippen molar-refractivity contribution in [3.05, 3.63) is 52.6 Å². The number of hydrogen-bond donors (Lipinski definition) is 0. The van der Waals surface area contributed by atoms with Gasteiger partial charge in [0, 0.05) is 21.0 Å². The van der Waals surface area contributed by atoms with Crippen molar-refractivity contribution in [1.82, 2.24) is 0 Å². The van der Waals surface area contributed by atoms with E-state index in [0.717, 1.165) is 11.0 Å². The number of ether oxygens (including phenoxy) is 2. The number of thioether (sulfide) groups is 1. The van der Waals surface area contributed by atoms with Crippen LogP contribution in [0.15, 0.2) is 46.9 Å². The van der Waals surface area contributed by atoms with E-state index in [1.807, 2.05) is 18.4 Å². The van der Waals surface area contributed by atoms with E-state index in [4.69, 9.17) is 21.1 Å². The van der Waals surface area contributed by atoms with Gasteiger partial charge in [0.2, 0.25) is 6.10 Å². The Bertz CT molecular complexity index is 924. The summed E-state index contributed by atoms with van der Waals surface area (Å²) in [7, 11) is 0. The van der Waals surface area contributed by atoms with Gasteiger partial charge < -0.3 is 9.47 Å². The molecule has 2 aromatic rings. The van der Waals surface area contributed by atoms with Crippen LogP contribution in [0.3, 0.4) is 0 Å². The number of rotatable bonds is 4. The molecular formula is C20H16ClF3O3S. The van der Waals surface area contributed by atoms with Gasteiger partial charge >= 0.3 is 12.1 Å². The molecule has 1 heterocycles. The molecule has 0 N–H and O–H groups in total. The van der Waals surface area contributed by atoms with E-state index in [-0.39, 0.29) is 12.4 Å². The van der Waals surface area contributed by atoms with Crippen molar-refractivity contribution >= 4 is 35.4 Å². The molecule has 3 nitrogen and oxygen atoms in total. The molecule has 1 aliphatic heterocycles. The minimum absolute atomic E-state index is 0.0247. The highest BCUT2D eigenvalue weighted by atomic mass is 35.5. The standard InChI is InChI=1S/C20H16ClF3O3S/c1-3-26-19(25)16-9-12-8-13(21)10-15(11-4-6-14(28-2)7-5-11)17(12)27-18(16)20(22,23)24/h4-10,18H,3H2,1-2H3. The Morgan fingerprint density at radius 3 is 2.50 bits per heavy atom. The molecule has 1 unspecified atom stereocenters. The van der Waals surface area contributed by atoms with Gasteiger partial charge in [-0.2, -0.15) is 13.2 Å². The zero-order valence-electron chi connectivity index (χ0n) is 15.0. The van der Waals surface area contributed by atoms with Crippen LogP contribution in [0.4, 0.5) is 13.2 Å². The number of esters is 1. The predicted molar refractivity (Wildman–Crippen MR) is 104 cm³/mol. The lowest BCUT2D eigenvalue weighted by atomic mass is 9.96. The first kappa shape index (κ1) is 20.6. The van der Waals surface area contributed by atoms with Crippen molar-refractivity contribution in [3.8, 4) is 16.9 Å². The van der Waals surface area contributed by atoms with E-state index in [2.05, 4.69) is 0 Å². The molecule has 0 aliphatic carbocycles. The number of benzene rings is 2. The van der Waals surface area contributed by atoms with E-state index in [1.54, 1.807) is 30.0 Å². The summed E-state index contributed by atoms with van der Waals surface area (Å²) in [5.41, 5.74) is 0.766. The second kappa shape index (κ2) is 8.09. The third-order valence-electron chi connectivity index (χ3n) is 4.12. The second-order valence-corrected chi connectivity index (χ2v) is 7.28. The van der Waals surface area contributed by atoms with Crippen LogP contribution >= 0.6 is 23.4 Å². The van der Waals surface area contributed by atoms with Gasteiger partial charge in [0.15, 0.2) is 0 Å². The summed E-state index contributed by atoms with van der Waals surface area (Å²) < 4.78 is 50.9. The normalized spacial score (nSPS) is 16.1. The van der Waals surface area contributed by atoms with Gasteiger partial charge in [0.25, 0.3) is 0 Å². The Kier molecular flexibility index (Phi) is 5.95. The highest BCUT2D eigenvalue weighted by molar-refractivity contribution is 7.98. The maximum atomic E-state index is 13.6. The molecule has 0 saturated heterocycles. The fourth-order valence-electron chi connectivity index (χ4n) is 2.89. The topological polar surface area (TPSA) is 35.5 Å². The molecule has 0 amide bonds. The number of alkyl halides is 3. The Balaban J connectivity index is 2.16. The number of halogens is 4. The SMILES string of the molecule is CCOC(=O)C1=Cc2cc(Cl)cc(-c3ccc(SC)cc3)c2OC1C(F)(F)F. The molecule has 28 heavy (non-hydrogen) atoms. The van der Waals surface area contributed by atoms with E-state index in [9.17, 15) is 18.0 Å². The van der Waals surface area contributed by atoms with Crippen molar-refractivity contribution in [2.24, 2.45) is 0 Å². The van der Waals surface area contributed by atoms with Gasteiger partial charge in [0.1, 0.15) is 5.75 Å². The van der Waals surface area contributed by atoms with Gasteiger partial charge in [0.05, 0.1) is 12.2 Å². The van der Waals surface area contributed by atoms with E-state index < -0.39 is 23.8 Å². The van der Waals surface area contributed by atoms with E-state index >= 15 is 0 Å². The fraction of sp³-hybridized carbons (Fsp3) is 0.250. The lowest BCUT2D eigenvalue weighted by Crippen LogP contribution is -2.41. The molecule has 0 radical (unpaired) electrons. The largest absolute Gasteiger partial charge is 0.475 e. The fourth-order valence-corrected chi connectivity index (χ4v) is 3.52. The van der Waals surface area contributed by atoms with E-state index in [1.165, 1.54) is 13.0 Å². The smallest absolute Gasteiger partial charge is 0.430 e. The Morgan fingerprint density at radius 1 is 1.25 bits per heavy atom. The summed E-state index contributed by atoms with van der Waals surface area (Å²) >= 11 is 7.73. The quantitative estimate of drug-likeness (QED) is 0.442. The third kappa shape index (κ3) is 4.15. The Hall–Kier alpha value is -2.12. The zero-order valence-corrected chi connectivity index (χ0v) is 16.5. The molecule has 0 bridgehead atoms. The van der Waals surface area contributed by atoms with Crippen LogP contribution in [-0.2, 0) is 9.53 Å². The summed E-state index contributed by atoms with van der Waals surface area (Å²) in [4.78, 5) is 13.1. The van der Waals surface area contributed by atoms with Crippen molar-refractivity contribution in [2.45, 2.75) is 24.1 Å². The number of carbonyl (C=O) groups excluding carboxylic acids is 1. The Labute approximate surface area is 169 Å². The van der Waals surface area contributed by atoms with Gasteiger partial charge in [-0.15, -0.1) is 11.8 Å². The Morgan fingerprint density at radius 2 is 1.93 bits per heavy atom. The second-order valence-electron chi connectivity index (χ2n) is 5.96. The number of fused-ring (bicyclic) bond motifs is 1.